The summed E-state index contributed by atoms with van der Waals surface area (Å²) in [7, 11) is 0. The van der Waals surface area contributed by atoms with Gasteiger partial charge in [-0.05, 0) is 50.5 Å². The Morgan fingerprint density at radius 3 is 2.42 bits per heavy atom. The zero-order valence-electron chi connectivity index (χ0n) is 18.2. The van der Waals surface area contributed by atoms with Gasteiger partial charge >= 0.3 is 11.9 Å². The Morgan fingerprint density at radius 2 is 1.70 bits per heavy atom. The van der Waals surface area contributed by atoms with Gasteiger partial charge in [-0.1, -0.05) is 6.07 Å². The molecule has 33 heavy (non-hydrogen) atoms. The molecule has 3 aromatic rings. The van der Waals surface area contributed by atoms with Crippen molar-refractivity contribution in [1.82, 2.24) is 0 Å². The Morgan fingerprint density at radius 1 is 1.00 bits per heavy atom. The molecule has 2 heterocycles. The third-order valence-electron chi connectivity index (χ3n) is 4.73. The Kier molecular flexibility index (Phi) is 7.55. The minimum absolute atomic E-state index is 0.0401. The number of rotatable bonds is 4. The van der Waals surface area contributed by atoms with Crippen LogP contribution in [-0.4, -0.2) is 41.5 Å². The van der Waals surface area contributed by atoms with Gasteiger partial charge in [-0.3, -0.25) is 4.79 Å². The first kappa shape index (κ1) is 23.6. The van der Waals surface area contributed by atoms with Crippen molar-refractivity contribution in [2.24, 2.45) is 0 Å². The predicted molar refractivity (Wildman–Crippen MR) is 118 cm³/mol. The number of benzene rings is 2. The number of aromatic hydroxyl groups is 2. The van der Waals surface area contributed by atoms with Crippen molar-refractivity contribution >= 4 is 22.9 Å². The predicted octanol–water partition coefficient (Wildman–Crippen LogP) is 3.32. The zero-order valence-corrected chi connectivity index (χ0v) is 18.2. The fourth-order valence-corrected chi connectivity index (χ4v) is 3.21. The van der Waals surface area contributed by atoms with Crippen molar-refractivity contribution in [3.05, 3.63) is 64.0 Å². The average Bonchev–Trinajstić information content (AvgIpc) is 2.79. The van der Waals surface area contributed by atoms with Gasteiger partial charge in [0.15, 0.2) is 11.5 Å². The summed E-state index contributed by atoms with van der Waals surface area (Å²) in [4.78, 5) is 34.6. The quantitative estimate of drug-likeness (QED) is 0.567. The van der Waals surface area contributed by atoms with Gasteiger partial charge in [-0.2, -0.15) is 0 Å². The minimum Gasteiger partial charge on any atom is -0.508 e. The maximum atomic E-state index is 11.7. The third kappa shape index (κ3) is 5.82. The summed E-state index contributed by atoms with van der Waals surface area (Å²) in [6.07, 6.45) is 0.838. The summed E-state index contributed by atoms with van der Waals surface area (Å²) in [6, 6.07) is 10.1. The van der Waals surface area contributed by atoms with Crippen LogP contribution in [0.4, 0.5) is 0 Å². The second kappa shape index (κ2) is 10.5. The van der Waals surface area contributed by atoms with Gasteiger partial charge in [-0.25, -0.2) is 9.59 Å². The lowest BCUT2D eigenvalue weighted by atomic mass is 10.0. The smallest absolute Gasteiger partial charge is 0.374 e. The van der Waals surface area contributed by atoms with E-state index in [-0.39, 0.29) is 40.8 Å². The molecule has 0 bridgehead atoms. The molecule has 174 valence electrons. The van der Waals surface area contributed by atoms with Crippen LogP contribution in [0.15, 0.2) is 51.7 Å². The highest BCUT2D eigenvalue weighted by molar-refractivity contribution is 5.89. The number of carbonyl (C=O) groups excluding carboxylic acids is 2. The molecule has 2 N–H and O–H groups in total. The molecule has 0 fully saturated rings. The van der Waals surface area contributed by atoms with E-state index in [0.717, 1.165) is 18.1 Å². The molecule has 1 aromatic heterocycles. The van der Waals surface area contributed by atoms with Crippen LogP contribution < -0.4 is 10.2 Å². The first-order chi connectivity index (χ1) is 15.8. The van der Waals surface area contributed by atoms with E-state index in [1.807, 2.05) is 6.07 Å². The number of aryl methyl sites for hydroxylation is 1. The molecule has 0 saturated carbocycles. The Bertz CT molecular complexity index is 1210. The number of ether oxygens (including phenoxy) is 3. The van der Waals surface area contributed by atoms with E-state index in [1.165, 1.54) is 24.3 Å². The number of hydrogen-bond donors (Lipinski definition) is 2. The van der Waals surface area contributed by atoms with Crippen LogP contribution in [0.3, 0.4) is 0 Å². The summed E-state index contributed by atoms with van der Waals surface area (Å²) in [5.41, 5.74) is 0.813. The van der Waals surface area contributed by atoms with Gasteiger partial charge in [0.1, 0.15) is 22.8 Å². The summed E-state index contributed by atoms with van der Waals surface area (Å²) >= 11 is 0. The van der Waals surface area contributed by atoms with Gasteiger partial charge in [0, 0.05) is 18.2 Å². The summed E-state index contributed by atoms with van der Waals surface area (Å²) in [6.45, 7) is 3.97. The van der Waals surface area contributed by atoms with E-state index in [9.17, 15) is 24.6 Å². The highest BCUT2D eigenvalue weighted by atomic mass is 16.6. The number of fused-ring (bicyclic) bond motifs is 2. The summed E-state index contributed by atoms with van der Waals surface area (Å²) in [5, 5.41) is 18.9. The van der Waals surface area contributed by atoms with Crippen LogP contribution in [0, 0.1) is 0 Å². The molecule has 9 nitrogen and oxygen atoms in total. The first-order valence-electron chi connectivity index (χ1n) is 10.4. The molecule has 1 atom stereocenters. The van der Waals surface area contributed by atoms with Crippen molar-refractivity contribution < 1.29 is 38.4 Å². The Balaban J connectivity index is 0.000000186. The highest BCUT2D eigenvalue weighted by Crippen LogP contribution is 2.31. The van der Waals surface area contributed by atoms with Gasteiger partial charge in [0.25, 0.3) is 0 Å². The van der Waals surface area contributed by atoms with Crippen molar-refractivity contribution in [3.8, 4) is 17.2 Å². The number of hydrogen-bond acceptors (Lipinski definition) is 9. The van der Waals surface area contributed by atoms with Crippen molar-refractivity contribution in [2.45, 2.75) is 32.8 Å². The minimum atomic E-state index is -0.699. The van der Waals surface area contributed by atoms with Crippen molar-refractivity contribution in [2.75, 3.05) is 13.2 Å². The third-order valence-corrected chi connectivity index (χ3v) is 4.73. The van der Waals surface area contributed by atoms with E-state index >= 15 is 0 Å². The van der Waals surface area contributed by atoms with E-state index in [1.54, 1.807) is 19.9 Å². The van der Waals surface area contributed by atoms with Gasteiger partial charge in [-0.15, -0.1) is 0 Å². The first-order valence-corrected chi connectivity index (χ1v) is 10.4. The normalized spacial score (nSPS) is 14.3. The SMILES string of the molecule is CCOC(=O)C1CCc2ccc(O)cc2O1.CCOC(=O)c1cc(=O)c2ccc(O)cc2o1. The topological polar surface area (TPSA) is 132 Å². The molecule has 4 rings (SSSR count). The van der Waals surface area contributed by atoms with E-state index < -0.39 is 12.1 Å². The largest absolute Gasteiger partial charge is 0.508 e. The van der Waals surface area contributed by atoms with Gasteiger partial charge in [0.05, 0.1) is 18.6 Å². The fourth-order valence-electron chi connectivity index (χ4n) is 3.21. The average molecular weight is 456 g/mol. The van der Waals surface area contributed by atoms with Crippen LogP contribution in [0.2, 0.25) is 0 Å². The van der Waals surface area contributed by atoms with Crippen LogP contribution in [0.25, 0.3) is 11.0 Å². The maximum Gasteiger partial charge on any atom is 0.374 e. The number of esters is 2. The van der Waals surface area contributed by atoms with E-state index in [4.69, 9.17) is 18.6 Å². The van der Waals surface area contributed by atoms with Crippen LogP contribution in [0.5, 0.6) is 17.2 Å². The lowest BCUT2D eigenvalue weighted by Crippen LogP contribution is -2.32. The molecule has 0 saturated heterocycles. The Hall–Kier alpha value is -4.01. The molecule has 9 heteroatoms. The Labute approximate surface area is 189 Å². The van der Waals surface area contributed by atoms with Gasteiger partial charge in [0.2, 0.25) is 5.76 Å². The molecule has 2 aromatic carbocycles. The zero-order chi connectivity index (χ0) is 24.0. The van der Waals surface area contributed by atoms with Crippen LogP contribution >= 0.6 is 0 Å². The fraction of sp³-hybridized carbons (Fsp3) is 0.292. The molecule has 1 aliphatic rings. The molecule has 0 spiro atoms. The number of phenolic OH excluding ortho intramolecular Hbond substituents is 2. The van der Waals surface area contributed by atoms with Crippen LogP contribution in [0.1, 0.15) is 36.4 Å². The molecular weight excluding hydrogens is 432 g/mol. The van der Waals surface area contributed by atoms with Crippen LogP contribution in [-0.2, 0) is 20.7 Å². The molecule has 0 amide bonds. The standard InChI is InChI=1S/C12H10O5.C12H14O4/c1-2-16-12(15)11-6-9(14)8-4-3-7(13)5-10(8)17-11;1-2-15-12(14)10-6-4-8-3-5-9(13)7-11(8)16-10/h3-6,13H,2H2,1H3;3,5,7,10,13H,2,4,6H2,1H3. The van der Waals surface area contributed by atoms with Crippen molar-refractivity contribution in [1.29, 1.82) is 0 Å². The molecule has 0 aliphatic carbocycles. The molecule has 1 unspecified atom stereocenters. The van der Waals surface area contributed by atoms with E-state index in [2.05, 4.69) is 0 Å². The van der Waals surface area contributed by atoms with Crippen molar-refractivity contribution in [3.63, 3.8) is 0 Å². The monoisotopic (exact) mass is 456 g/mol. The molecular formula is C24H24O9. The second-order valence-electron chi connectivity index (χ2n) is 7.07. The number of carbonyl (C=O) groups is 2. The lowest BCUT2D eigenvalue weighted by Gasteiger charge is -2.24. The maximum absolute atomic E-state index is 11.7. The number of phenols is 2. The highest BCUT2D eigenvalue weighted by Gasteiger charge is 2.27. The molecule has 0 radical (unpaired) electrons. The molecule has 1 aliphatic heterocycles. The van der Waals surface area contributed by atoms with Gasteiger partial charge < -0.3 is 28.8 Å². The lowest BCUT2D eigenvalue weighted by molar-refractivity contribution is -0.152. The van der Waals surface area contributed by atoms with E-state index in [0.29, 0.717) is 24.2 Å². The summed E-state index contributed by atoms with van der Waals surface area (Å²) < 4.78 is 20.3. The second-order valence-corrected chi connectivity index (χ2v) is 7.07. The summed E-state index contributed by atoms with van der Waals surface area (Å²) in [5.74, 6) is -0.532.